The Balaban J connectivity index is 2.33. The molecule has 0 saturated carbocycles. The minimum absolute atomic E-state index is 0.0543. The summed E-state index contributed by atoms with van der Waals surface area (Å²) in [6.45, 7) is 3.90. The van der Waals surface area contributed by atoms with Crippen LogP contribution in [0.3, 0.4) is 0 Å². The van der Waals surface area contributed by atoms with Crippen LogP contribution in [0, 0.1) is 13.8 Å². The molecule has 0 aliphatic carbocycles. The van der Waals surface area contributed by atoms with Crippen molar-refractivity contribution in [2.75, 3.05) is 0 Å². The highest BCUT2D eigenvalue weighted by Gasteiger charge is 2.11. The average molecular weight is 320 g/mol. The summed E-state index contributed by atoms with van der Waals surface area (Å²) < 4.78 is 1.87. The second-order valence-corrected chi connectivity index (χ2v) is 5.39. The molecule has 0 bridgehead atoms. The van der Waals surface area contributed by atoms with E-state index in [9.17, 15) is 9.59 Å². The molecule has 0 N–H and O–H groups in total. The highest BCUT2D eigenvalue weighted by molar-refractivity contribution is 9.10. The summed E-state index contributed by atoms with van der Waals surface area (Å²) in [5.41, 5.74) is 2.45. The lowest BCUT2D eigenvalue weighted by Crippen LogP contribution is -2.24. The van der Waals surface area contributed by atoms with Crippen LogP contribution in [0.15, 0.2) is 45.8 Å². The van der Waals surface area contributed by atoms with Crippen molar-refractivity contribution >= 4 is 21.7 Å². The van der Waals surface area contributed by atoms with Gasteiger partial charge in [0.15, 0.2) is 5.78 Å². The Kier molecular flexibility index (Phi) is 4.00. The highest BCUT2D eigenvalue weighted by Crippen LogP contribution is 2.12. The molecule has 2 rings (SSSR count). The van der Waals surface area contributed by atoms with Crippen molar-refractivity contribution in [3.63, 3.8) is 0 Å². The number of rotatable bonds is 3. The first-order valence-corrected chi connectivity index (χ1v) is 6.74. The summed E-state index contributed by atoms with van der Waals surface area (Å²) in [7, 11) is 0. The molecule has 0 radical (unpaired) electrons. The van der Waals surface area contributed by atoms with Crippen LogP contribution >= 0.6 is 15.9 Å². The van der Waals surface area contributed by atoms with Crippen molar-refractivity contribution in [2.24, 2.45) is 0 Å². The van der Waals surface area contributed by atoms with E-state index in [0.717, 1.165) is 11.1 Å². The van der Waals surface area contributed by atoms with Gasteiger partial charge in [-0.05, 0) is 53.5 Å². The maximum Gasteiger partial charge on any atom is 0.265 e. The summed E-state index contributed by atoms with van der Waals surface area (Å²) in [6.07, 6.45) is 1.62. The number of ketones is 1. The first kappa shape index (κ1) is 13.7. The smallest absolute Gasteiger partial charge is 0.265 e. The first-order chi connectivity index (χ1) is 8.99. The summed E-state index contributed by atoms with van der Waals surface area (Å²) >= 11 is 3.17. The predicted octanol–water partition coefficient (Wildman–Crippen LogP) is 3.11. The Morgan fingerprint density at radius 2 is 2.00 bits per heavy atom. The molecule has 0 aliphatic rings. The number of aromatic nitrogens is 1. The van der Waals surface area contributed by atoms with Gasteiger partial charge in [0.25, 0.3) is 5.56 Å². The lowest BCUT2D eigenvalue weighted by Gasteiger charge is -2.08. The molecule has 2 aromatic rings. The van der Waals surface area contributed by atoms with Crippen LogP contribution in [-0.2, 0) is 6.54 Å². The summed E-state index contributed by atoms with van der Waals surface area (Å²) in [5.74, 6) is -0.0543. The molecular weight excluding hydrogens is 306 g/mol. The molecule has 0 amide bonds. The molecule has 1 aromatic heterocycles. The largest absolute Gasteiger partial charge is 0.307 e. The van der Waals surface area contributed by atoms with Crippen molar-refractivity contribution in [1.29, 1.82) is 0 Å². The third-order valence-electron chi connectivity index (χ3n) is 2.98. The Hall–Kier alpha value is -1.68. The van der Waals surface area contributed by atoms with Gasteiger partial charge in [-0.1, -0.05) is 17.7 Å². The number of halogens is 1. The molecule has 4 heteroatoms. The van der Waals surface area contributed by atoms with E-state index >= 15 is 0 Å². The van der Waals surface area contributed by atoms with Gasteiger partial charge in [0.05, 0.1) is 11.0 Å². The molecule has 0 atom stereocenters. The van der Waals surface area contributed by atoms with Gasteiger partial charge in [0, 0.05) is 11.8 Å². The van der Waals surface area contributed by atoms with Gasteiger partial charge in [0.1, 0.15) is 0 Å². The zero-order valence-corrected chi connectivity index (χ0v) is 12.4. The minimum Gasteiger partial charge on any atom is -0.307 e. The van der Waals surface area contributed by atoms with E-state index in [1.807, 2.05) is 32.0 Å². The maximum absolute atomic E-state index is 12.3. The quantitative estimate of drug-likeness (QED) is 0.815. The van der Waals surface area contributed by atoms with Crippen molar-refractivity contribution in [2.45, 2.75) is 20.4 Å². The van der Waals surface area contributed by atoms with E-state index in [0.29, 0.717) is 10.0 Å². The fraction of sp³-hybridized carbons (Fsp3) is 0.200. The second-order valence-electron chi connectivity index (χ2n) is 4.53. The van der Waals surface area contributed by atoms with Crippen molar-refractivity contribution in [3.05, 3.63) is 68.0 Å². The fourth-order valence-corrected chi connectivity index (χ4v) is 2.29. The summed E-state index contributed by atoms with van der Waals surface area (Å²) in [4.78, 5) is 24.1. The topological polar surface area (TPSA) is 39.1 Å². The zero-order chi connectivity index (χ0) is 14.0. The zero-order valence-electron chi connectivity index (χ0n) is 10.8. The molecule has 0 fully saturated rings. The van der Waals surface area contributed by atoms with Crippen LogP contribution in [0.1, 0.15) is 21.5 Å². The minimum atomic E-state index is -0.193. The van der Waals surface area contributed by atoms with Gasteiger partial charge in [-0.15, -0.1) is 0 Å². The third kappa shape index (κ3) is 3.01. The lowest BCUT2D eigenvalue weighted by molar-refractivity contribution is 0.0970. The molecule has 1 heterocycles. The lowest BCUT2D eigenvalue weighted by atomic mass is 10.0. The summed E-state index contributed by atoms with van der Waals surface area (Å²) in [6, 6.07) is 9.16. The van der Waals surface area contributed by atoms with Gasteiger partial charge in [-0.25, -0.2) is 0 Å². The fourth-order valence-electron chi connectivity index (χ4n) is 1.91. The van der Waals surface area contributed by atoms with Gasteiger partial charge in [0.2, 0.25) is 0 Å². The van der Waals surface area contributed by atoms with Crippen LogP contribution in [0.4, 0.5) is 0 Å². The monoisotopic (exact) mass is 319 g/mol. The Labute approximate surface area is 120 Å². The number of nitrogens with zero attached hydrogens (tertiary/aromatic N) is 1. The van der Waals surface area contributed by atoms with Crippen LogP contribution < -0.4 is 5.56 Å². The third-order valence-corrected chi connectivity index (χ3v) is 3.58. The van der Waals surface area contributed by atoms with E-state index < -0.39 is 0 Å². The number of hydrogen-bond acceptors (Lipinski definition) is 2. The van der Waals surface area contributed by atoms with Gasteiger partial charge >= 0.3 is 0 Å². The van der Waals surface area contributed by atoms with E-state index in [2.05, 4.69) is 15.9 Å². The van der Waals surface area contributed by atoms with Crippen LogP contribution in [0.5, 0.6) is 0 Å². The van der Waals surface area contributed by atoms with Crippen molar-refractivity contribution in [1.82, 2.24) is 4.57 Å². The van der Waals surface area contributed by atoms with E-state index in [-0.39, 0.29) is 17.9 Å². The second kappa shape index (κ2) is 5.53. The number of hydrogen-bond donors (Lipinski definition) is 0. The number of benzene rings is 1. The molecular formula is C15H14BrNO2. The SMILES string of the molecule is Cc1ccc(C)c(C(=O)Cn2cccc(Br)c2=O)c1. The standard InChI is InChI=1S/C15H14BrNO2/c1-10-5-6-11(2)12(8-10)14(18)9-17-7-3-4-13(16)15(17)19/h3-8H,9H2,1-2H3. The molecule has 98 valence electrons. The highest BCUT2D eigenvalue weighted by atomic mass is 79.9. The number of pyridine rings is 1. The Morgan fingerprint density at radius 3 is 2.74 bits per heavy atom. The van der Waals surface area contributed by atoms with E-state index in [1.54, 1.807) is 18.3 Å². The van der Waals surface area contributed by atoms with Gasteiger partial charge < -0.3 is 4.57 Å². The molecule has 0 unspecified atom stereocenters. The molecule has 19 heavy (non-hydrogen) atoms. The molecule has 0 saturated heterocycles. The van der Waals surface area contributed by atoms with Crippen molar-refractivity contribution in [3.8, 4) is 0 Å². The average Bonchev–Trinajstić information content (AvgIpc) is 2.38. The van der Waals surface area contributed by atoms with E-state index in [1.165, 1.54) is 4.57 Å². The van der Waals surface area contributed by atoms with Crippen molar-refractivity contribution < 1.29 is 4.79 Å². The molecule has 0 spiro atoms. The predicted molar refractivity (Wildman–Crippen MR) is 78.6 cm³/mol. The van der Waals surface area contributed by atoms with Gasteiger partial charge in [-0.2, -0.15) is 0 Å². The first-order valence-electron chi connectivity index (χ1n) is 5.94. The Bertz CT molecular complexity index is 689. The normalized spacial score (nSPS) is 10.5. The Morgan fingerprint density at radius 1 is 1.26 bits per heavy atom. The summed E-state index contributed by atoms with van der Waals surface area (Å²) in [5, 5.41) is 0. The van der Waals surface area contributed by atoms with E-state index in [4.69, 9.17) is 0 Å². The number of Topliss-reactive ketones (excluding diaryl/α,β-unsaturated/α-hetero) is 1. The molecule has 3 nitrogen and oxygen atoms in total. The van der Waals surface area contributed by atoms with Crippen LogP contribution in [0.25, 0.3) is 0 Å². The van der Waals surface area contributed by atoms with Gasteiger partial charge in [-0.3, -0.25) is 9.59 Å². The van der Waals surface area contributed by atoms with Crippen LogP contribution in [0.2, 0.25) is 0 Å². The number of carbonyl (C=O) groups excluding carboxylic acids is 1. The maximum atomic E-state index is 12.3. The number of carbonyl (C=O) groups is 1. The molecule has 0 aliphatic heterocycles. The molecule has 1 aromatic carbocycles. The van der Waals surface area contributed by atoms with Crippen LogP contribution in [-0.4, -0.2) is 10.4 Å². The number of aryl methyl sites for hydroxylation is 2.